The lowest BCUT2D eigenvalue weighted by Gasteiger charge is -2.46. The van der Waals surface area contributed by atoms with Gasteiger partial charge in [0.25, 0.3) is 0 Å². The van der Waals surface area contributed by atoms with Crippen molar-refractivity contribution in [2.45, 2.75) is 69.8 Å². The molecular formula is C37H40O6. The fraction of sp³-hybridized carbons (Fsp3) is 0.324. The van der Waals surface area contributed by atoms with E-state index in [0.29, 0.717) is 45.9 Å². The molecule has 1 heterocycles. The summed E-state index contributed by atoms with van der Waals surface area (Å²) in [5.41, 5.74) is 4.24. The monoisotopic (exact) mass is 580 g/mol. The van der Waals surface area contributed by atoms with Crippen LogP contribution in [0, 0.1) is 0 Å². The molecule has 0 unspecified atom stereocenters. The summed E-state index contributed by atoms with van der Waals surface area (Å²) in [4.78, 5) is 11.5. The molecule has 0 radical (unpaired) electrons. The van der Waals surface area contributed by atoms with Gasteiger partial charge in [0.2, 0.25) is 0 Å². The summed E-state index contributed by atoms with van der Waals surface area (Å²) in [5.74, 6) is 0. The van der Waals surface area contributed by atoms with Crippen molar-refractivity contribution in [3.05, 3.63) is 144 Å². The highest BCUT2D eigenvalue weighted by Crippen LogP contribution is 2.32. The molecule has 0 aliphatic carbocycles. The van der Waals surface area contributed by atoms with Crippen LogP contribution < -0.4 is 0 Å². The molecule has 43 heavy (non-hydrogen) atoms. The maximum Gasteiger partial charge on any atom is 0.120 e. The van der Waals surface area contributed by atoms with Crippen LogP contribution in [-0.2, 0) is 54.9 Å². The highest BCUT2D eigenvalue weighted by atomic mass is 16.6. The van der Waals surface area contributed by atoms with Crippen molar-refractivity contribution in [2.75, 3.05) is 6.61 Å². The van der Waals surface area contributed by atoms with Crippen LogP contribution in [0.25, 0.3) is 0 Å². The zero-order chi connectivity index (χ0) is 29.5. The first kappa shape index (κ1) is 30.8. The topological polar surface area (TPSA) is 63.2 Å². The van der Waals surface area contributed by atoms with Gasteiger partial charge in [-0.05, 0) is 28.7 Å². The molecule has 4 aromatic rings. The summed E-state index contributed by atoms with van der Waals surface area (Å²) in [5, 5.41) is 0. The summed E-state index contributed by atoms with van der Waals surface area (Å²) in [7, 11) is 0. The van der Waals surface area contributed by atoms with Crippen molar-refractivity contribution < 1.29 is 28.5 Å². The molecule has 5 rings (SSSR count). The second-order valence-corrected chi connectivity index (χ2v) is 10.7. The van der Waals surface area contributed by atoms with Crippen molar-refractivity contribution in [2.24, 2.45) is 0 Å². The number of ether oxygens (including phenoxy) is 5. The third-order valence-corrected chi connectivity index (χ3v) is 7.55. The minimum atomic E-state index is -0.479. The Morgan fingerprint density at radius 3 is 1.35 bits per heavy atom. The molecule has 1 fully saturated rings. The molecule has 0 spiro atoms. The fourth-order valence-electron chi connectivity index (χ4n) is 5.35. The number of hydrogen-bond donors (Lipinski definition) is 0. The van der Waals surface area contributed by atoms with Crippen LogP contribution in [0.4, 0.5) is 0 Å². The van der Waals surface area contributed by atoms with Gasteiger partial charge >= 0.3 is 0 Å². The predicted molar refractivity (Wildman–Crippen MR) is 165 cm³/mol. The Balaban J connectivity index is 1.41. The predicted octanol–water partition coefficient (Wildman–Crippen LogP) is 6.71. The Kier molecular flexibility index (Phi) is 12.1. The molecular weight excluding hydrogens is 540 g/mol. The second-order valence-electron chi connectivity index (χ2n) is 10.7. The van der Waals surface area contributed by atoms with E-state index in [0.717, 1.165) is 28.5 Å². The number of carbonyl (C=O) groups excluding carboxylic acids is 1. The van der Waals surface area contributed by atoms with Gasteiger partial charge in [0.1, 0.15) is 30.7 Å². The lowest BCUT2D eigenvalue weighted by atomic mass is 9.92. The fourth-order valence-corrected chi connectivity index (χ4v) is 5.35. The molecule has 0 aromatic heterocycles. The first-order chi connectivity index (χ1) is 21.3. The van der Waals surface area contributed by atoms with Gasteiger partial charge in [-0.1, -0.05) is 121 Å². The van der Waals surface area contributed by atoms with E-state index in [2.05, 4.69) is 0 Å². The van der Waals surface area contributed by atoms with Crippen molar-refractivity contribution in [3.8, 4) is 0 Å². The lowest BCUT2D eigenvalue weighted by molar-refractivity contribution is -0.273. The van der Waals surface area contributed by atoms with Crippen LogP contribution in [0.5, 0.6) is 0 Å². The summed E-state index contributed by atoms with van der Waals surface area (Å²) < 4.78 is 32.8. The second kappa shape index (κ2) is 16.8. The molecule has 0 N–H and O–H groups in total. The largest absolute Gasteiger partial charge is 0.374 e. The highest BCUT2D eigenvalue weighted by molar-refractivity contribution is 5.49. The number of hydrogen-bond acceptors (Lipinski definition) is 6. The first-order valence-electron chi connectivity index (χ1n) is 15.0. The molecule has 0 amide bonds. The summed E-state index contributed by atoms with van der Waals surface area (Å²) in [6.07, 6.45) is -0.427. The van der Waals surface area contributed by atoms with Crippen LogP contribution in [0.15, 0.2) is 121 Å². The Labute approximate surface area is 254 Å². The van der Waals surface area contributed by atoms with E-state index in [1.54, 1.807) is 0 Å². The zero-order valence-corrected chi connectivity index (χ0v) is 24.4. The average molecular weight is 581 g/mol. The maximum atomic E-state index is 11.5. The van der Waals surface area contributed by atoms with E-state index in [9.17, 15) is 4.79 Å². The number of aldehydes is 1. The van der Waals surface area contributed by atoms with Gasteiger partial charge in [0, 0.05) is 6.42 Å². The first-order valence-corrected chi connectivity index (χ1v) is 15.0. The third kappa shape index (κ3) is 9.42. The van der Waals surface area contributed by atoms with Crippen LogP contribution in [0.3, 0.4) is 0 Å². The molecule has 6 heteroatoms. The van der Waals surface area contributed by atoms with Gasteiger partial charge < -0.3 is 28.5 Å². The molecule has 224 valence electrons. The van der Waals surface area contributed by atoms with Crippen molar-refractivity contribution in [1.82, 2.24) is 0 Å². The molecule has 0 saturated carbocycles. The Morgan fingerprint density at radius 1 is 0.512 bits per heavy atom. The quantitative estimate of drug-likeness (QED) is 0.137. The van der Waals surface area contributed by atoms with Crippen molar-refractivity contribution in [1.29, 1.82) is 0 Å². The van der Waals surface area contributed by atoms with Gasteiger partial charge in [-0.3, -0.25) is 0 Å². The molecule has 0 bridgehead atoms. The average Bonchev–Trinajstić information content (AvgIpc) is 3.07. The Bertz CT molecular complexity index is 1320. The molecule has 4 aromatic carbocycles. The van der Waals surface area contributed by atoms with Gasteiger partial charge in [0.05, 0.1) is 39.1 Å². The Morgan fingerprint density at radius 2 is 0.907 bits per heavy atom. The van der Waals surface area contributed by atoms with E-state index in [4.69, 9.17) is 23.7 Å². The third-order valence-electron chi connectivity index (χ3n) is 7.55. The van der Waals surface area contributed by atoms with E-state index in [1.807, 2.05) is 121 Å². The van der Waals surface area contributed by atoms with Gasteiger partial charge in [0.15, 0.2) is 0 Å². The van der Waals surface area contributed by atoms with E-state index >= 15 is 0 Å². The van der Waals surface area contributed by atoms with Crippen molar-refractivity contribution >= 4 is 6.29 Å². The van der Waals surface area contributed by atoms with E-state index in [1.165, 1.54) is 0 Å². The highest BCUT2D eigenvalue weighted by Gasteiger charge is 2.48. The van der Waals surface area contributed by atoms with E-state index in [-0.39, 0.29) is 6.10 Å². The number of rotatable bonds is 16. The number of carbonyl (C=O) groups is 1. The smallest absolute Gasteiger partial charge is 0.120 e. The SMILES string of the molecule is O=CCC[C@@H]1O[C@H](COCc2ccccc2)[C@@H](OCc2ccccc2)[C@H](OCc2ccccc2)[C@H]1OCc1ccccc1. The summed E-state index contributed by atoms with van der Waals surface area (Å²) >= 11 is 0. The van der Waals surface area contributed by atoms with Crippen LogP contribution in [0.1, 0.15) is 35.1 Å². The van der Waals surface area contributed by atoms with Crippen LogP contribution in [0.2, 0.25) is 0 Å². The van der Waals surface area contributed by atoms with Gasteiger partial charge in [-0.2, -0.15) is 0 Å². The molecule has 1 saturated heterocycles. The molecule has 5 atom stereocenters. The van der Waals surface area contributed by atoms with Crippen LogP contribution >= 0.6 is 0 Å². The van der Waals surface area contributed by atoms with Gasteiger partial charge in [-0.25, -0.2) is 0 Å². The minimum Gasteiger partial charge on any atom is -0.374 e. The normalized spacial score (nSPS) is 21.8. The van der Waals surface area contributed by atoms with E-state index < -0.39 is 24.4 Å². The standard InChI is InChI=1S/C37H40O6/c38-23-13-22-33-35(40-25-30-16-7-2-8-17-30)37(42-27-32-20-11-4-12-21-32)36(41-26-31-18-9-3-10-19-31)34(43-33)28-39-24-29-14-5-1-6-15-29/h1-12,14-21,23,33-37H,13,22,24-28H2/t33-,34+,35-,36+,37+/m0/s1. The van der Waals surface area contributed by atoms with Crippen LogP contribution in [-0.4, -0.2) is 43.4 Å². The molecule has 1 aliphatic rings. The lowest BCUT2D eigenvalue weighted by Crippen LogP contribution is -2.61. The van der Waals surface area contributed by atoms with Crippen molar-refractivity contribution in [3.63, 3.8) is 0 Å². The minimum absolute atomic E-state index is 0.308. The van der Waals surface area contributed by atoms with Gasteiger partial charge in [-0.15, -0.1) is 0 Å². The molecule has 6 nitrogen and oxygen atoms in total. The number of benzene rings is 4. The summed E-state index contributed by atoms with van der Waals surface area (Å²) in [6.45, 7) is 1.93. The maximum absolute atomic E-state index is 11.5. The molecule has 1 aliphatic heterocycles. The zero-order valence-electron chi connectivity index (χ0n) is 24.4. The Hall–Kier alpha value is -3.65. The summed E-state index contributed by atoms with van der Waals surface area (Å²) in [6, 6.07) is 40.3.